The van der Waals surface area contributed by atoms with Crippen LogP contribution in [0.4, 0.5) is 17.8 Å². The highest BCUT2D eigenvalue weighted by Crippen LogP contribution is 2.18. The molecule has 0 amide bonds. The molecule has 2 aromatic heterocycles. The standard InChI is InChI=1S/C14H21N7/c1-4-21(5-2)14-19-12(15)18-13(20-14)17-10(3)11-6-8-16-9-7-11/h6-10H,4-5H2,1-3H3,(H3,15,17,18,19,20). The van der Waals surface area contributed by atoms with Crippen molar-refractivity contribution in [2.24, 2.45) is 0 Å². The van der Waals surface area contributed by atoms with E-state index in [1.165, 1.54) is 0 Å². The molecule has 0 radical (unpaired) electrons. The van der Waals surface area contributed by atoms with E-state index in [9.17, 15) is 0 Å². The van der Waals surface area contributed by atoms with Gasteiger partial charge in [-0.2, -0.15) is 15.0 Å². The van der Waals surface area contributed by atoms with Gasteiger partial charge in [-0.05, 0) is 38.5 Å². The van der Waals surface area contributed by atoms with E-state index in [4.69, 9.17) is 5.73 Å². The average Bonchev–Trinajstić information content (AvgIpc) is 2.49. The first-order chi connectivity index (χ1) is 10.1. The molecule has 21 heavy (non-hydrogen) atoms. The van der Waals surface area contributed by atoms with Crippen LogP contribution in [-0.2, 0) is 0 Å². The molecule has 112 valence electrons. The van der Waals surface area contributed by atoms with Crippen molar-refractivity contribution in [3.05, 3.63) is 30.1 Å². The number of rotatable bonds is 6. The van der Waals surface area contributed by atoms with Gasteiger partial charge in [0.15, 0.2) is 0 Å². The molecule has 0 aliphatic rings. The summed E-state index contributed by atoms with van der Waals surface area (Å²) in [6.07, 6.45) is 3.52. The summed E-state index contributed by atoms with van der Waals surface area (Å²) in [5.41, 5.74) is 6.89. The number of nitrogens with zero attached hydrogens (tertiary/aromatic N) is 5. The van der Waals surface area contributed by atoms with Gasteiger partial charge in [0.1, 0.15) is 0 Å². The molecule has 7 heteroatoms. The van der Waals surface area contributed by atoms with E-state index in [0.29, 0.717) is 11.9 Å². The zero-order valence-electron chi connectivity index (χ0n) is 12.6. The van der Waals surface area contributed by atoms with Crippen LogP contribution in [0.1, 0.15) is 32.4 Å². The lowest BCUT2D eigenvalue weighted by atomic mass is 10.1. The molecule has 1 atom stereocenters. The van der Waals surface area contributed by atoms with Gasteiger partial charge in [0.25, 0.3) is 0 Å². The fraction of sp³-hybridized carbons (Fsp3) is 0.429. The number of nitrogens with two attached hydrogens (primary N) is 1. The van der Waals surface area contributed by atoms with Gasteiger partial charge >= 0.3 is 0 Å². The largest absolute Gasteiger partial charge is 0.368 e. The van der Waals surface area contributed by atoms with Crippen LogP contribution >= 0.6 is 0 Å². The highest BCUT2D eigenvalue weighted by Gasteiger charge is 2.12. The summed E-state index contributed by atoms with van der Waals surface area (Å²) in [5.74, 6) is 1.29. The van der Waals surface area contributed by atoms with Crippen LogP contribution in [0.25, 0.3) is 0 Å². The van der Waals surface area contributed by atoms with E-state index >= 15 is 0 Å². The van der Waals surface area contributed by atoms with Crippen molar-refractivity contribution >= 4 is 17.8 Å². The first kappa shape index (κ1) is 15.0. The SMILES string of the molecule is CCN(CC)c1nc(N)nc(NC(C)c2ccncc2)n1. The van der Waals surface area contributed by atoms with E-state index in [1.807, 2.05) is 24.0 Å². The summed E-state index contributed by atoms with van der Waals surface area (Å²) < 4.78 is 0. The van der Waals surface area contributed by atoms with Gasteiger partial charge in [-0.1, -0.05) is 0 Å². The summed E-state index contributed by atoms with van der Waals surface area (Å²) in [4.78, 5) is 18.8. The Morgan fingerprint density at radius 3 is 2.43 bits per heavy atom. The normalized spacial score (nSPS) is 12.0. The molecule has 3 N–H and O–H groups in total. The lowest BCUT2D eigenvalue weighted by molar-refractivity contribution is 0.802. The molecule has 2 heterocycles. The zero-order chi connectivity index (χ0) is 15.2. The molecule has 0 aliphatic heterocycles. The van der Waals surface area contributed by atoms with Crippen molar-refractivity contribution in [1.29, 1.82) is 0 Å². The predicted octanol–water partition coefficient (Wildman–Crippen LogP) is 1.87. The monoisotopic (exact) mass is 287 g/mol. The molecule has 0 saturated heterocycles. The summed E-state index contributed by atoms with van der Waals surface area (Å²) in [7, 11) is 0. The van der Waals surface area contributed by atoms with Gasteiger partial charge in [-0.15, -0.1) is 0 Å². The highest BCUT2D eigenvalue weighted by molar-refractivity contribution is 5.43. The van der Waals surface area contributed by atoms with Crippen molar-refractivity contribution in [2.45, 2.75) is 26.8 Å². The Hall–Kier alpha value is -2.44. The average molecular weight is 287 g/mol. The molecular formula is C14H21N7. The van der Waals surface area contributed by atoms with Crippen LogP contribution in [0, 0.1) is 0 Å². The van der Waals surface area contributed by atoms with Crippen molar-refractivity contribution in [3.8, 4) is 0 Å². The fourth-order valence-corrected chi connectivity index (χ4v) is 2.02. The first-order valence-electron chi connectivity index (χ1n) is 7.07. The Labute approximate surface area is 124 Å². The Kier molecular flexibility index (Phi) is 4.86. The van der Waals surface area contributed by atoms with Crippen LogP contribution in [0.2, 0.25) is 0 Å². The molecular weight excluding hydrogens is 266 g/mol. The first-order valence-corrected chi connectivity index (χ1v) is 7.07. The molecule has 0 aliphatic carbocycles. The summed E-state index contributed by atoms with van der Waals surface area (Å²) >= 11 is 0. The fourth-order valence-electron chi connectivity index (χ4n) is 2.02. The molecule has 0 bridgehead atoms. The topological polar surface area (TPSA) is 92.9 Å². The quantitative estimate of drug-likeness (QED) is 0.837. The Balaban J connectivity index is 2.20. The molecule has 1 unspecified atom stereocenters. The number of aromatic nitrogens is 4. The van der Waals surface area contributed by atoms with Crippen molar-refractivity contribution in [2.75, 3.05) is 29.0 Å². The molecule has 0 aromatic carbocycles. The van der Waals surface area contributed by atoms with Crippen LogP contribution in [0.3, 0.4) is 0 Å². The van der Waals surface area contributed by atoms with Gasteiger partial charge in [-0.25, -0.2) is 0 Å². The molecule has 0 spiro atoms. The van der Waals surface area contributed by atoms with E-state index < -0.39 is 0 Å². The second-order valence-corrected chi connectivity index (χ2v) is 4.64. The maximum Gasteiger partial charge on any atom is 0.231 e. The Bertz CT molecular complexity index is 569. The lowest BCUT2D eigenvalue weighted by Gasteiger charge is -2.20. The summed E-state index contributed by atoms with van der Waals surface area (Å²) in [6, 6.07) is 3.96. The maximum absolute atomic E-state index is 5.78. The van der Waals surface area contributed by atoms with Crippen LogP contribution in [0.15, 0.2) is 24.5 Å². The predicted molar refractivity (Wildman–Crippen MR) is 84.1 cm³/mol. The molecule has 7 nitrogen and oxygen atoms in total. The lowest BCUT2D eigenvalue weighted by Crippen LogP contribution is -2.25. The minimum absolute atomic E-state index is 0.0550. The number of hydrogen-bond acceptors (Lipinski definition) is 7. The second-order valence-electron chi connectivity index (χ2n) is 4.64. The van der Waals surface area contributed by atoms with Crippen molar-refractivity contribution in [1.82, 2.24) is 19.9 Å². The number of hydrogen-bond donors (Lipinski definition) is 2. The molecule has 2 rings (SSSR count). The number of nitrogen functional groups attached to an aromatic ring is 1. The number of pyridine rings is 1. The second kappa shape index (κ2) is 6.83. The molecule has 0 saturated carbocycles. The van der Waals surface area contributed by atoms with Gasteiger partial charge < -0.3 is 16.0 Å². The Morgan fingerprint density at radius 2 is 1.81 bits per heavy atom. The van der Waals surface area contributed by atoms with Gasteiger partial charge in [0, 0.05) is 25.5 Å². The van der Waals surface area contributed by atoms with Crippen LogP contribution in [0.5, 0.6) is 0 Å². The maximum atomic E-state index is 5.78. The minimum Gasteiger partial charge on any atom is -0.368 e. The number of anilines is 3. The summed E-state index contributed by atoms with van der Waals surface area (Å²) in [5, 5.41) is 3.25. The van der Waals surface area contributed by atoms with E-state index in [0.717, 1.165) is 18.7 Å². The summed E-state index contributed by atoms with van der Waals surface area (Å²) in [6.45, 7) is 7.78. The third-order valence-corrected chi connectivity index (χ3v) is 3.24. The molecule has 0 fully saturated rings. The van der Waals surface area contributed by atoms with Gasteiger partial charge in [-0.3, -0.25) is 4.98 Å². The third kappa shape index (κ3) is 3.77. The van der Waals surface area contributed by atoms with Crippen molar-refractivity contribution < 1.29 is 0 Å². The smallest absolute Gasteiger partial charge is 0.231 e. The van der Waals surface area contributed by atoms with E-state index in [1.54, 1.807) is 12.4 Å². The minimum atomic E-state index is 0.0550. The molecule has 2 aromatic rings. The zero-order valence-corrected chi connectivity index (χ0v) is 12.6. The van der Waals surface area contributed by atoms with E-state index in [2.05, 4.69) is 39.1 Å². The Morgan fingerprint density at radius 1 is 1.14 bits per heavy atom. The third-order valence-electron chi connectivity index (χ3n) is 3.24. The van der Waals surface area contributed by atoms with Crippen LogP contribution < -0.4 is 16.0 Å². The van der Waals surface area contributed by atoms with Gasteiger partial charge in [0.2, 0.25) is 17.8 Å². The number of nitrogens with one attached hydrogen (secondary N) is 1. The van der Waals surface area contributed by atoms with E-state index in [-0.39, 0.29) is 12.0 Å². The van der Waals surface area contributed by atoms with Gasteiger partial charge in [0.05, 0.1) is 6.04 Å². The highest BCUT2D eigenvalue weighted by atomic mass is 15.3. The van der Waals surface area contributed by atoms with Crippen molar-refractivity contribution in [3.63, 3.8) is 0 Å². The van der Waals surface area contributed by atoms with Crippen LogP contribution in [-0.4, -0.2) is 33.0 Å².